The number of hydrogen-bond donors (Lipinski definition) is 2. The topological polar surface area (TPSA) is 49.5 Å². The van der Waals surface area contributed by atoms with E-state index in [4.69, 9.17) is 10.8 Å². The van der Waals surface area contributed by atoms with Gasteiger partial charge in [-0.1, -0.05) is 6.07 Å². The van der Waals surface area contributed by atoms with Crippen LogP contribution in [-0.2, 0) is 6.54 Å². The molecule has 0 saturated carbocycles. The van der Waals surface area contributed by atoms with Crippen LogP contribution in [-0.4, -0.2) is 37.2 Å². The van der Waals surface area contributed by atoms with Crippen molar-refractivity contribution in [3.05, 3.63) is 23.8 Å². The molecule has 0 bridgehead atoms. The number of hydrogen-bond acceptors (Lipinski definition) is 4. The Morgan fingerprint density at radius 3 is 2.53 bits per heavy atom. The molecule has 0 fully saturated rings. The van der Waals surface area contributed by atoms with Gasteiger partial charge in [-0.3, -0.25) is 0 Å². The van der Waals surface area contributed by atoms with Crippen molar-refractivity contribution >= 4 is 17.4 Å². The molecule has 0 amide bonds. The lowest BCUT2D eigenvalue weighted by molar-refractivity contribution is -0.119. The van der Waals surface area contributed by atoms with E-state index in [1.807, 2.05) is 12.3 Å². The summed E-state index contributed by atoms with van der Waals surface area (Å²) >= 11 is 1.44. The molecule has 1 aromatic carbocycles. The Morgan fingerprint density at radius 2 is 2.05 bits per heavy atom. The number of aliphatic hydroxyl groups excluding tert-OH is 1. The van der Waals surface area contributed by atoms with Crippen LogP contribution < -0.4 is 10.6 Å². The molecule has 19 heavy (non-hydrogen) atoms. The van der Waals surface area contributed by atoms with Crippen molar-refractivity contribution in [1.29, 1.82) is 0 Å². The van der Waals surface area contributed by atoms with Gasteiger partial charge in [0, 0.05) is 29.2 Å². The van der Waals surface area contributed by atoms with Crippen molar-refractivity contribution < 1.29 is 18.3 Å². The maximum Gasteiger partial charge on any atom is 0.405 e. The van der Waals surface area contributed by atoms with Crippen LogP contribution >= 0.6 is 11.8 Å². The number of rotatable bonds is 6. The Morgan fingerprint density at radius 1 is 1.37 bits per heavy atom. The molecule has 3 nitrogen and oxygen atoms in total. The third-order valence-corrected chi connectivity index (χ3v) is 3.44. The molecular formula is C12H17F3N2OS. The highest BCUT2D eigenvalue weighted by Gasteiger charge is 2.31. The third kappa shape index (κ3) is 4.59. The zero-order chi connectivity index (χ0) is 14.5. The predicted molar refractivity (Wildman–Crippen MR) is 71.5 cm³/mol. The molecule has 0 aliphatic heterocycles. The third-order valence-electron chi connectivity index (χ3n) is 2.61. The molecule has 0 aliphatic rings. The number of nitrogens with zero attached hydrogens (tertiary/aromatic N) is 1. The number of benzene rings is 1. The minimum atomic E-state index is -4.32. The van der Waals surface area contributed by atoms with Gasteiger partial charge in [0.15, 0.2) is 0 Å². The Kier molecular flexibility index (Phi) is 5.96. The van der Waals surface area contributed by atoms with E-state index in [2.05, 4.69) is 0 Å². The Labute approximate surface area is 114 Å². The molecule has 3 N–H and O–H groups in total. The minimum absolute atomic E-state index is 0.0790. The standard InChI is InChI=1S/C12H17F3N2OS/c1-19-11-4-2-3-10(9(11)7-16)17(5-6-18)8-12(13,14)15/h2-4,18H,5-8,16H2,1H3. The number of alkyl halides is 3. The van der Waals surface area contributed by atoms with Crippen LogP contribution in [0.15, 0.2) is 23.1 Å². The maximum absolute atomic E-state index is 12.6. The summed E-state index contributed by atoms with van der Waals surface area (Å²) in [4.78, 5) is 1.96. The number of aliphatic hydroxyl groups is 1. The van der Waals surface area contributed by atoms with Gasteiger partial charge < -0.3 is 15.7 Å². The average molecular weight is 294 g/mol. The number of nitrogens with two attached hydrogens (primary N) is 1. The fourth-order valence-electron chi connectivity index (χ4n) is 1.87. The first-order valence-corrected chi connectivity index (χ1v) is 6.94. The van der Waals surface area contributed by atoms with Gasteiger partial charge in [0.1, 0.15) is 6.54 Å². The van der Waals surface area contributed by atoms with E-state index in [0.717, 1.165) is 9.80 Å². The van der Waals surface area contributed by atoms with Crippen LogP contribution in [0.3, 0.4) is 0 Å². The lowest BCUT2D eigenvalue weighted by Crippen LogP contribution is -2.37. The molecule has 0 aromatic heterocycles. The molecule has 108 valence electrons. The van der Waals surface area contributed by atoms with Gasteiger partial charge in [0.05, 0.1) is 6.61 Å². The van der Waals surface area contributed by atoms with Crippen molar-refractivity contribution in [2.45, 2.75) is 17.6 Å². The van der Waals surface area contributed by atoms with Crippen molar-refractivity contribution in [3.63, 3.8) is 0 Å². The quantitative estimate of drug-likeness (QED) is 0.790. The highest BCUT2D eigenvalue weighted by atomic mass is 32.2. The second kappa shape index (κ2) is 7.02. The summed E-state index contributed by atoms with van der Waals surface area (Å²) in [6.07, 6.45) is -2.48. The zero-order valence-electron chi connectivity index (χ0n) is 10.6. The zero-order valence-corrected chi connectivity index (χ0v) is 11.4. The van der Waals surface area contributed by atoms with Gasteiger partial charge >= 0.3 is 6.18 Å². The summed E-state index contributed by atoms with van der Waals surface area (Å²) in [5, 5.41) is 8.94. The van der Waals surface area contributed by atoms with Crippen LogP contribution in [0.2, 0.25) is 0 Å². The van der Waals surface area contributed by atoms with Crippen LogP contribution in [0.5, 0.6) is 0 Å². The molecule has 0 unspecified atom stereocenters. The van der Waals surface area contributed by atoms with Gasteiger partial charge in [0.25, 0.3) is 0 Å². The Hall–Kier alpha value is -0.920. The van der Waals surface area contributed by atoms with Gasteiger partial charge in [-0.15, -0.1) is 11.8 Å². The van der Waals surface area contributed by atoms with Gasteiger partial charge in [-0.25, -0.2) is 0 Å². The van der Waals surface area contributed by atoms with E-state index in [1.165, 1.54) is 11.8 Å². The maximum atomic E-state index is 12.6. The van der Waals surface area contributed by atoms with E-state index in [-0.39, 0.29) is 19.7 Å². The summed E-state index contributed by atoms with van der Waals surface area (Å²) < 4.78 is 37.7. The fraction of sp³-hybridized carbons (Fsp3) is 0.500. The van der Waals surface area contributed by atoms with Crippen molar-refractivity contribution in [2.24, 2.45) is 5.73 Å². The Bertz CT molecular complexity index is 412. The van der Waals surface area contributed by atoms with Crippen LogP contribution in [0.1, 0.15) is 5.56 Å². The first kappa shape index (κ1) is 16.1. The first-order chi connectivity index (χ1) is 8.92. The molecular weight excluding hydrogens is 277 g/mol. The van der Waals surface area contributed by atoms with E-state index >= 15 is 0 Å². The number of halogens is 3. The number of anilines is 1. The Balaban J connectivity index is 3.14. The molecule has 7 heteroatoms. The van der Waals surface area contributed by atoms with Crippen LogP contribution in [0.25, 0.3) is 0 Å². The van der Waals surface area contributed by atoms with E-state index in [9.17, 15) is 13.2 Å². The highest BCUT2D eigenvalue weighted by Crippen LogP contribution is 2.31. The normalized spacial score (nSPS) is 11.7. The first-order valence-electron chi connectivity index (χ1n) is 5.71. The van der Waals surface area contributed by atoms with Gasteiger partial charge in [-0.05, 0) is 18.4 Å². The highest BCUT2D eigenvalue weighted by molar-refractivity contribution is 7.98. The van der Waals surface area contributed by atoms with Gasteiger partial charge in [0.2, 0.25) is 0 Å². The summed E-state index contributed by atoms with van der Waals surface area (Å²) in [6, 6.07) is 5.12. The fourth-order valence-corrected chi connectivity index (χ4v) is 2.52. The molecule has 0 atom stereocenters. The van der Waals surface area contributed by atoms with E-state index in [1.54, 1.807) is 12.1 Å². The lowest BCUT2D eigenvalue weighted by atomic mass is 10.1. The second-order valence-electron chi connectivity index (χ2n) is 3.92. The second-order valence-corrected chi connectivity index (χ2v) is 4.77. The molecule has 0 aliphatic carbocycles. The monoisotopic (exact) mass is 294 g/mol. The van der Waals surface area contributed by atoms with E-state index < -0.39 is 12.7 Å². The van der Waals surface area contributed by atoms with Gasteiger partial charge in [-0.2, -0.15) is 13.2 Å². The summed E-state index contributed by atoms with van der Waals surface area (Å²) in [5.74, 6) is 0. The summed E-state index contributed by atoms with van der Waals surface area (Å²) in [6.45, 7) is -1.36. The molecule has 1 aromatic rings. The molecule has 0 saturated heterocycles. The summed E-state index contributed by atoms with van der Waals surface area (Å²) in [7, 11) is 0. The van der Waals surface area contributed by atoms with Crippen LogP contribution in [0.4, 0.5) is 18.9 Å². The predicted octanol–water partition coefficient (Wildman–Crippen LogP) is 2.23. The largest absolute Gasteiger partial charge is 0.405 e. The SMILES string of the molecule is CSc1cccc(N(CCO)CC(F)(F)F)c1CN. The lowest BCUT2D eigenvalue weighted by Gasteiger charge is -2.28. The van der Waals surface area contributed by atoms with Crippen LogP contribution in [0, 0.1) is 0 Å². The van der Waals surface area contributed by atoms with Crippen molar-refractivity contribution in [3.8, 4) is 0 Å². The molecule has 0 radical (unpaired) electrons. The molecule has 1 rings (SSSR count). The number of thioether (sulfide) groups is 1. The van der Waals surface area contributed by atoms with E-state index in [0.29, 0.717) is 11.3 Å². The molecule has 0 spiro atoms. The average Bonchev–Trinajstić information content (AvgIpc) is 2.35. The summed E-state index contributed by atoms with van der Waals surface area (Å²) in [5.41, 5.74) is 6.75. The van der Waals surface area contributed by atoms with Crippen molar-refractivity contribution in [1.82, 2.24) is 0 Å². The smallest absolute Gasteiger partial charge is 0.395 e. The molecule has 0 heterocycles. The minimum Gasteiger partial charge on any atom is -0.395 e. The van der Waals surface area contributed by atoms with Crippen molar-refractivity contribution in [2.75, 3.05) is 30.9 Å².